The Kier molecular flexibility index (Phi) is 7.08. The topological polar surface area (TPSA) is 56.3 Å². The van der Waals surface area contributed by atoms with E-state index in [1.165, 1.54) is 12.3 Å². The van der Waals surface area contributed by atoms with Gasteiger partial charge in [-0.1, -0.05) is 50.3 Å². The van der Waals surface area contributed by atoms with Crippen molar-refractivity contribution in [1.82, 2.24) is 9.97 Å². The van der Waals surface area contributed by atoms with Crippen LogP contribution in [0, 0.1) is 0 Å². The Bertz CT molecular complexity index is 1090. The molecular weight excluding hydrogens is 439 g/mol. The highest BCUT2D eigenvalue weighted by Crippen LogP contribution is 2.40. The molecule has 0 fully saturated rings. The first-order valence-corrected chi connectivity index (χ1v) is 10.8. The zero-order valence-corrected chi connectivity index (χ0v) is 19.0. The number of anilines is 2. The third-order valence-electron chi connectivity index (χ3n) is 4.32. The van der Waals surface area contributed by atoms with E-state index in [0.29, 0.717) is 18.0 Å². The van der Waals surface area contributed by atoms with Crippen LogP contribution in [0.15, 0.2) is 48.9 Å². The van der Waals surface area contributed by atoms with Gasteiger partial charge in [0.25, 0.3) is 0 Å². The second kappa shape index (κ2) is 9.60. The first-order chi connectivity index (χ1) is 15.1. The maximum Gasteiger partial charge on any atom is 0.434 e. The van der Waals surface area contributed by atoms with E-state index in [9.17, 15) is 13.2 Å². The Balaban J connectivity index is 1.93. The number of alkyl halides is 3. The Hall–Kier alpha value is -3.07. The second-order valence-corrected chi connectivity index (χ2v) is 8.85. The van der Waals surface area contributed by atoms with Gasteiger partial charge in [0.1, 0.15) is 11.4 Å². The van der Waals surface area contributed by atoms with Crippen molar-refractivity contribution in [3.8, 4) is 11.6 Å². The van der Waals surface area contributed by atoms with Crippen molar-refractivity contribution < 1.29 is 22.6 Å². The Morgan fingerprint density at radius 3 is 2.53 bits per heavy atom. The molecule has 0 saturated carbocycles. The number of hydrogen-bond acceptors (Lipinski definition) is 6. The van der Waals surface area contributed by atoms with Crippen LogP contribution in [0.2, 0.25) is 0 Å². The number of benzene rings is 1. The molecule has 0 atom stereocenters. The third-order valence-corrected chi connectivity index (χ3v) is 5.25. The van der Waals surface area contributed by atoms with Gasteiger partial charge in [0.15, 0.2) is 10.8 Å². The van der Waals surface area contributed by atoms with E-state index < -0.39 is 11.9 Å². The summed E-state index contributed by atoms with van der Waals surface area (Å²) in [7, 11) is 0. The average molecular weight is 464 g/mol. The van der Waals surface area contributed by atoms with Crippen LogP contribution in [0.25, 0.3) is 6.08 Å². The van der Waals surface area contributed by atoms with Crippen molar-refractivity contribution in [3.63, 3.8) is 0 Å². The predicted octanol–water partition coefficient (Wildman–Crippen LogP) is 7.40. The van der Waals surface area contributed by atoms with Crippen LogP contribution in [0.4, 0.5) is 24.0 Å². The Labute approximate surface area is 188 Å². The monoisotopic (exact) mass is 463 g/mol. The van der Waals surface area contributed by atoms with Crippen molar-refractivity contribution in [2.75, 3.05) is 11.9 Å². The normalized spacial score (nSPS) is 12.2. The quantitative estimate of drug-likeness (QED) is 0.370. The van der Waals surface area contributed by atoms with Gasteiger partial charge in [-0.2, -0.15) is 13.2 Å². The van der Waals surface area contributed by atoms with Gasteiger partial charge in [0.05, 0.1) is 17.7 Å². The van der Waals surface area contributed by atoms with Crippen molar-refractivity contribution >= 4 is 28.2 Å². The molecule has 0 unspecified atom stereocenters. The molecule has 32 heavy (non-hydrogen) atoms. The summed E-state index contributed by atoms with van der Waals surface area (Å²) in [6.07, 6.45) is -0.550. The average Bonchev–Trinajstić information content (AvgIpc) is 3.12. The van der Waals surface area contributed by atoms with E-state index in [0.717, 1.165) is 16.9 Å². The van der Waals surface area contributed by atoms with Crippen LogP contribution in [0.1, 0.15) is 43.8 Å². The molecule has 0 saturated heterocycles. The molecule has 2 aromatic heterocycles. The van der Waals surface area contributed by atoms with Crippen molar-refractivity contribution in [2.24, 2.45) is 0 Å². The van der Waals surface area contributed by atoms with Gasteiger partial charge in [-0.05, 0) is 36.6 Å². The van der Waals surface area contributed by atoms with Crippen molar-refractivity contribution in [3.05, 3.63) is 65.0 Å². The van der Waals surface area contributed by atoms with Gasteiger partial charge in [-0.3, -0.25) is 0 Å². The van der Waals surface area contributed by atoms with E-state index in [2.05, 4.69) is 36.1 Å². The standard InChI is InChI=1S/C23H24F3N3O2S/c1-5-30-14-12-18-19(23(24,25)26)29-21(32-18)28-16-10-8-13-27-20(16)31-17-11-7-6-9-15(17)22(2,3)4/h6-14H,5H2,1-4H3,(H,28,29). The minimum atomic E-state index is -4.60. The lowest BCUT2D eigenvalue weighted by atomic mass is 9.86. The van der Waals surface area contributed by atoms with Gasteiger partial charge in [-0.25, -0.2) is 9.97 Å². The minimum absolute atomic E-state index is 0.0575. The van der Waals surface area contributed by atoms with Crippen LogP contribution < -0.4 is 10.1 Å². The molecule has 170 valence electrons. The number of halogens is 3. The molecule has 3 rings (SSSR count). The first kappa shape index (κ1) is 23.6. The molecule has 5 nitrogen and oxygen atoms in total. The zero-order chi connectivity index (χ0) is 23.4. The van der Waals surface area contributed by atoms with Gasteiger partial charge in [-0.15, -0.1) is 0 Å². The summed E-state index contributed by atoms with van der Waals surface area (Å²) in [6.45, 7) is 8.31. The highest BCUT2D eigenvalue weighted by Gasteiger charge is 2.37. The smallest absolute Gasteiger partial charge is 0.434 e. The second-order valence-electron chi connectivity index (χ2n) is 7.82. The first-order valence-electron chi connectivity index (χ1n) is 9.95. The van der Waals surface area contributed by atoms with Gasteiger partial charge in [0, 0.05) is 11.8 Å². The number of pyridine rings is 1. The van der Waals surface area contributed by atoms with Crippen LogP contribution in [0.5, 0.6) is 11.6 Å². The molecular formula is C23H24F3N3O2S. The van der Waals surface area contributed by atoms with Crippen LogP contribution in [0.3, 0.4) is 0 Å². The lowest BCUT2D eigenvalue weighted by Crippen LogP contribution is -2.12. The molecule has 1 aromatic carbocycles. The highest BCUT2D eigenvalue weighted by atomic mass is 32.1. The number of para-hydroxylation sites is 1. The summed E-state index contributed by atoms with van der Waals surface area (Å²) < 4.78 is 51.4. The molecule has 3 aromatic rings. The number of hydrogen-bond donors (Lipinski definition) is 1. The van der Waals surface area contributed by atoms with Crippen LogP contribution in [-0.2, 0) is 16.3 Å². The fourth-order valence-electron chi connectivity index (χ4n) is 2.87. The summed E-state index contributed by atoms with van der Waals surface area (Å²) >= 11 is 0.862. The SMILES string of the molecule is CCOC=Cc1sc(Nc2cccnc2Oc2ccccc2C(C)(C)C)nc1C(F)(F)F. The maximum atomic E-state index is 13.4. The van der Waals surface area contributed by atoms with E-state index in [4.69, 9.17) is 9.47 Å². The van der Waals surface area contributed by atoms with E-state index >= 15 is 0 Å². The third kappa shape index (κ3) is 5.79. The Morgan fingerprint density at radius 2 is 1.84 bits per heavy atom. The summed E-state index contributed by atoms with van der Waals surface area (Å²) in [5, 5.41) is 2.98. The predicted molar refractivity (Wildman–Crippen MR) is 121 cm³/mol. The molecule has 2 heterocycles. The molecule has 0 radical (unpaired) electrons. The lowest BCUT2D eigenvalue weighted by Gasteiger charge is -2.22. The number of aromatic nitrogens is 2. The van der Waals surface area contributed by atoms with Crippen LogP contribution in [-0.4, -0.2) is 16.6 Å². The van der Waals surface area contributed by atoms with Crippen molar-refractivity contribution in [1.29, 1.82) is 0 Å². The summed E-state index contributed by atoms with van der Waals surface area (Å²) in [5.41, 5.74) is 0.232. The van der Waals surface area contributed by atoms with Crippen molar-refractivity contribution in [2.45, 2.75) is 39.3 Å². The molecule has 0 amide bonds. The number of nitrogens with zero attached hydrogens (tertiary/aromatic N) is 2. The van der Waals surface area contributed by atoms with Gasteiger partial charge >= 0.3 is 6.18 Å². The number of thiazole rings is 1. The molecule has 9 heteroatoms. The minimum Gasteiger partial charge on any atom is -0.501 e. The molecule has 1 N–H and O–H groups in total. The lowest BCUT2D eigenvalue weighted by molar-refractivity contribution is -0.140. The number of ether oxygens (including phenoxy) is 2. The largest absolute Gasteiger partial charge is 0.501 e. The van der Waals surface area contributed by atoms with Gasteiger partial charge in [0.2, 0.25) is 5.88 Å². The van der Waals surface area contributed by atoms with Gasteiger partial charge < -0.3 is 14.8 Å². The zero-order valence-electron chi connectivity index (χ0n) is 18.2. The molecule has 0 aliphatic heterocycles. The molecule has 0 bridgehead atoms. The number of rotatable bonds is 7. The number of nitrogens with one attached hydrogen (secondary N) is 1. The fourth-order valence-corrected chi connectivity index (χ4v) is 3.76. The summed E-state index contributed by atoms with van der Waals surface area (Å²) in [6, 6.07) is 10.9. The Morgan fingerprint density at radius 1 is 1.09 bits per heavy atom. The molecule has 0 spiro atoms. The summed E-state index contributed by atoms with van der Waals surface area (Å²) in [5.74, 6) is 0.858. The van der Waals surface area contributed by atoms with E-state index in [1.54, 1.807) is 25.3 Å². The molecule has 0 aliphatic carbocycles. The van der Waals surface area contributed by atoms with E-state index in [1.807, 2.05) is 24.3 Å². The fraction of sp³-hybridized carbons (Fsp3) is 0.304. The summed E-state index contributed by atoms with van der Waals surface area (Å²) in [4.78, 5) is 7.96. The molecule has 0 aliphatic rings. The van der Waals surface area contributed by atoms with E-state index in [-0.39, 0.29) is 21.3 Å². The highest BCUT2D eigenvalue weighted by molar-refractivity contribution is 7.16. The van der Waals surface area contributed by atoms with Crippen LogP contribution >= 0.6 is 11.3 Å². The maximum absolute atomic E-state index is 13.4.